The second-order valence-corrected chi connectivity index (χ2v) is 9.99. The first-order chi connectivity index (χ1) is 15.2. The number of carbonyl (C=O) groups is 1. The molecule has 4 aromatic rings. The lowest BCUT2D eigenvalue weighted by molar-refractivity contribution is -0.113. The van der Waals surface area contributed by atoms with Crippen molar-refractivity contribution in [1.82, 2.24) is 19.6 Å². The van der Waals surface area contributed by atoms with Crippen molar-refractivity contribution in [2.75, 3.05) is 24.4 Å². The van der Waals surface area contributed by atoms with Crippen LogP contribution in [0.4, 0.5) is 5.69 Å². The molecule has 10 heteroatoms. The molecule has 0 radical (unpaired) electrons. The van der Waals surface area contributed by atoms with Gasteiger partial charge in [-0.05, 0) is 49.6 Å². The quantitative estimate of drug-likeness (QED) is 0.323. The minimum atomic E-state index is -0.127. The van der Waals surface area contributed by atoms with Crippen LogP contribution in [0.1, 0.15) is 23.3 Å². The van der Waals surface area contributed by atoms with Gasteiger partial charge < -0.3 is 10.1 Å². The van der Waals surface area contributed by atoms with E-state index in [1.807, 2.05) is 34.9 Å². The Morgan fingerprint density at radius 1 is 1.23 bits per heavy atom. The molecule has 160 valence electrons. The maximum atomic E-state index is 12.5. The first-order valence-corrected chi connectivity index (χ1v) is 13.0. The normalized spacial score (nSPS) is 13.5. The summed E-state index contributed by atoms with van der Waals surface area (Å²) < 4.78 is 8.38. The van der Waals surface area contributed by atoms with Crippen molar-refractivity contribution in [3.63, 3.8) is 0 Å². The summed E-state index contributed by atoms with van der Waals surface area (Å²) >= 11 is 4.73. The average Bonchev–Trinajstić information content (AvgIpc) is 3.39. The molecule has 1 aliphatic carbocycles. The molecule has 1 N–H and O–H groups in total. The lowest BCUT2D eigenvalue weighted by atomic mass is 9.98. The van der Waals surface area contributed by atoms with E-state index in [-0.39, 0.29) is 11.7 Å². The van der Waals surface area contributed by atoms with Crippen LogP contribution in [0.3, 0.4) is 0 Å². The molecule has 0 fully saturated rings. The molecule has 1 aliphatic rings. The summed E-state index contributed by atoms with van der Waals surface area (Å²) in [6.45, 7) is 0. The standard InChI is InChI=1S/C21H21N5O2S3/c1-28-14-9-5-4-8-13(14)22-16(27)11-30-21-25-24-19-18-17(23-20(29-2)26(19)21)12-7-3-6-10-15(12)31-18/h4-5,8-9H,3,6-7,10-11H2,1-2H3,(H,22,27). The van der Waals surface area contributed by atoms with Gasteiger partial charge in [-0.3, -0.25) is 4.79 Å². The van der Waals surface area contributed by atoms with Crippen molar-refractivity contribution >= 4 is 62.3 Å². The van der Waals surface area contributed by atoms with E-state index in [4.69, 9.17) is 9.72 Å². The topological polar surface area (TPSA) is 81.4 Å². The van der Waals surface area contributed by atoms with Gasteiger partial charge in [0.1, 0.15) is 5.75 Å². The number of carbonyl (C=O) groups excluding carboxylic acids is 1. The van der Waals surface area contributed by atoms with Crippen molar-refractivity contribution in [2.24, 2.45) is 0 Å². The Balaban J connectivity index is 1.43. The summed E-state index contributed by atoms with van der Waals surface area (Å²) in [7, 11) is 1.59. The van der Waals surface area contributed by atoms with Crippen molar-refractivity contribution in [2.45, 2.75) is 36.0 Å². The van der Waals surface area contributed by atoms with Gasteiger partial charge in [0.05, 0.1) is 28.8 Å². The van der Waals surface area contributed by atoms with Crippen LogP contribution in [-0.2, 0) is 17.6 Å². The number of amides is 1. The van der Waals surface area contributed by atoms with Crippen LogP contribution in [0.25, 0.3) is 15.9 Å². The summed E-state index contributed by atoms with van der Waals surface area (Å²) in [6, 6.07) is 7.36. The highest BCUT2D eigenvalue weighted by Crippen LogP contribution is 2.39. The number of thioether (sulfide) groups is 2. The Bertz CT molecular complexity index is 1280. The Kier molecular flexibility index (Phi) is 5.77. The molecule has 0 saturated carbocycles. The average molecular weight is 472 g/mol. The molecule has 3 heterocycles. The van der Waals surface area contributed by atoms with E-state index in [1.165, 1.54) is 35.0 Å². The number of thiophene rings is 1. The first kappa shape index (κ1) is 20.6. The van der Waals surface area contributed by atoms with Gasteiger partial charge in [-0.1, -0.05) is 35.7 Å². The number of ether oxygens (including phenoxy) is 1. The lowest BCUT2D eigenvalue weighted by Gasteiger charge is -2.10. The van der Waals surface area contributed by atoms with Crippen LogP contribution in [0.15, 0.2) is 34.6 Å². The highest BCUT2D eigenvalue weighted by molar-refractivity contribution is 8.00. The number of nitrogens with one attached hydrogen (secondary N) is 1. The summed E-state index contributed by atoms with van der Waals surface area (Å²) in [5.74, 6) is 0.718. The Hall–Kier alpha value is -2.30. The van der Waals surface area contributed by atoms with E-state index >= 15 is 0 Å². The summed E-state index contributed by atoms with van der Waals surface area (Å²) in [6.07, 6.45) is 6.67. The minimum Gasteiger partial charge on any atom is -0.495 e. The second kappa shape index (κ2) is 8.68. The number of hydrogen-bond acceptors (Lipinski definition) is 8. The van der Waals surface area contributed by atoms with Crippen molar-refractivity contribution < 1.29 is 9.53 Å². The number of para-hydroxylation sites is 2. The summed E-state index contributed by atoms with van der Waals surface area (Å²) in [4.78, 5) is 19.0. The minimum absolute atomic E-state index is 0.127. The zero-order chi connectivity index (χ0) is 21.4. The number of nitrogens with zero attached hydrogens (tertiary/aromatic N) is 4. The van der Waals surface area contributed by atoms with E-state index in [0.29, 0.717) is 16.6 Å². The fourth-order valence-electron chi connectivity index (χ4n) is 3.85. The fourth-order valence-corrected chi connectivity index (χ4v) is 6.48. The Morgan fingerprint density at radius 2 is 2.06 bits per heavy atom. The molecule has 0 atom stereocenters. The third kappa shape index (κ3) is 3.77. The van der Waals surface area contributed by atoms with E-state index in [1.54, 1.807) is 30.2 Å². The Labute approximate surface area is 192 Å². The van der Waals surface area contributed by atoms with Gasteiger partial charge >= 0.3 is 0 Å². The van der Waals surface area contributed by atoms with Gasteiger partial charge in [-0.2, -0.15) is 0 Å². The molecule has 7 nitrogen and oxygen atoms in total. The molecule has 0 saturated heterocycles. The molecule has 31 heavy (non-hydrogen) atoms. The molecular formula is C21H21N5O2S3. The van der Waals surface area contributed by atoms with Gasteiger partial charge in [0, 0.05) is 4.88 Å². The number of aryl methyl sites for hydroxylation is 2. The smallest absolute Gasteiger partial charge is 0.234 e. The van der Waals surface area contributed by atoms with Crippen LogP contribution < -0.4 is 10.1 Å². The van der Waals surface area contributed by atoms with Crippen LogP contribution in [-0.4, -0.2) is 44.6 Å². The number of fused-ring (bicyclic) bond motifs is 5. The molecule has 0 bridgehead atoms. The number of rotatable bonds is 6. The number of anilines is 1. The largest absolute Gasteiger partial charge is 0.495 e. The van der Waals surface area contributed by atoms with E-state index in [0.717, 1.165) is 33.9 Å². The highest BCUT2D eigenvalue weighted by atomic mass is 32.2. The highest BCUT2D eigenvalue weighted by Gasteiger charge is 2.23. The maximum absolute atomic E-state index is 12.5. The van der Waals surface area contributed by atoms with Gasteiger partial charge in [0.15, 0.2) is 16.0 Å². The van der Waals surface area contributed by atoms with E-state index in [2.05, 4.69) is 15.5 Å². The number of methoxy groups -OCH3 is 1. The SMILES string of the molecule is COc1ccccc1NC(=O)CSc1nnc2c3sc4c(c3nc(SC)n12)CCCC4. The van der Waals surface area contributed by atoms with Crippen LogP contribution in [0.2, 0.25) is 0 Å². The monoisotopic (exact) mass is 471 g/mol. The fraction of sp³-hybridized carbons (Fsp3) is 0.333. The predicted octanol–water partition coefficient (Wildman–Crippen LogP) is 4.68. The molecule has 1 aromatic carbocycles. The van der Waals surface area contributed by atoms with E-state index in [9.17, 15) is 4.79 Å². The molecule has 5 rings (SSSR count). The van der Waals surface area contributed by atoms with Gasteiger partial charge in [0.2, 0.25) is 5.91 Å². The lowest BCUT2D eigenvalue weighted by Crippen LogP contribution is -2.15. The van der Waals surface area contributed by atoms with Crippen molar-refractivity contribution in [3.05, 3.63) is 34.7 Å². The number of hydrogen-bond donors (Lipinski definition) is 1. The molecule has 1 amide bonds. The second-order valence-electron chi connectivity index (χ2n) is 7.17. The molecule has 0 aliphatic heterocycles. The maximum Gasteiger partial charge on any atom is 0.234 e. The van der Waals surface area contributed by atoms with Crippen molar-refractivity contribution in [1.29, 1.82) is 0 Å². The summed E-state index contributed by atoms with van der Waals surface area (Å²) in [5.41, 5.74) is 3.95. The van der Waals surface area contributed by atoms with Gasteiger partial charge in [-0.25, -0.2) is 9.38 Å². The van der Waals surface area contributed by atoms with Crippen LogP contribution >= 0.6 is 34.9 Å². The molecular weight excluding hydrogens is 450 g/mol. The zero-order valence-corrected chi connectivity index (χ0v) is 19.6. The predicted molar refractivity (Wildman–Crippen MR) is 127 cm³/mol. The zero-order valence-electron chi connectivity index (χ0n) is 17.2. The molecule has 0 unspecified atom stereocenters. The third-order valence-electron chi connectivity index (χ3n) is 5.27. The third-order valence-corrected chi connectivity index (χ3v) is 8.12. The molecule has 0 spiro atoms. The first-order valence-electron chi connectivity index (χ1n) is 9.98. The van der Waals surface area contributed by atoms with E-state index < -0.39 is 0 Å². The van der Waals surface area contributed by atoms with Gasteiger partial charge in [-0.15, -0.1) is 21.5 Å². The molecule has 3 aromatic heterocycles. The number of benzene rings is 1. The van der Waals surface area contributed by atoms with Crippen LogP contribution in [0, 0.1) is 0 Å². The Morgan fingerprint density at radius 3 is 2.90 bits per heavy atom. The van der Waals surface area contributed by atoms with Gasteiger partial charge in [0.25, 0.3) is 0 Å². The van der Waals surface area contributed by atoms with Crippen molar-refractivity contribution in [3.8, 4) is 5.75 Å². The summed E-state index contributed by atoms with van der Waals surface area (Å²) in [5, 5.41) is 13.3. The number of aromatic nitrogens is 4. The van der Waals surface area contributed by atoms with Crippen LogP contribution in [0.5, 0.6) is 5.75 Å².